The first kappa shape index (κ1) is 18.2. The van der Waals surface area contributed by atoms with Crippen LogP contribution >= 0.6 is 11.8 Å². The largest absolute Gasteiger partial charge is 0.480 e. The Balaban J connectivity index is 3.89. The number of nitrogens with one attached hydrogen (secondary N) is 3. The molecule has 0 saturated heterocycles. The van der Waals surface area contributed by atoms with E-state index in [0.29, 0.717) is 13.0 Å². The molecule has 9 heteroatoms. The highest BCUT2D eigenvalue weighted by Gasteiger charge is 2.17. The summed E-state index contributed by atoms with van der Waals surface area (Å²) in [6.45, 7) is 4.30. The minimum Gasteiger partial charge on any atom is -0.480 e. The molecule has 8 nitrogen and oxygen atoms in total. The van der Waals surface area contributed by atoms with Crippen LogP contribution in [0.25, 0.3) is 0 Å². The highest BCUT2D eigenvalue weighted by Crippen LogP contribution is 2.02. The molecule has 0 aliphatic heterocycles. The Kier molecular flexibility index (Phi) is 9.18. The van der Waals surface area contributed by atoms with Gasteiger partial charge in [-0.15, -0.1) is 11.8 Å². The second-order valence-electron chi connectivity index (χ2n) is 4.34. The number of carbonyl (C=O) groups excluding carboxylic acids is 3. The number of carboxylic acid groups (broad SMARTS) is 1. The number of rotatable bonds is 9. The molecule has 20 heavy (non-hydrogen) atoms. The van der Waals surface area contributed by atoms with Crippen molar-refractivity contribution in [3.8, 4) is 0 Å². The molecule has 0 aromatic heterocycles. The maximum absolute atomic E-state index is 11.4. The Hall–Kier alpha value is -1.77. The molecule has 1 atom stereocenters. The Morgan fingerprint density at radius 3 is 2.45 bits per heavy atom. The lowest BCUT2D eigenvalue weighted by molar-refractivity contribution is -0.139. The minimum absolute atomic E-state index is 0.0368. The number of carboxylic acids is 1. The number of hydrogen-bond acceptors (Lipinski definition) is 5. The van der Waals surface area contributed by atoms with Gasteiger partial charge in [0.25, 0.3) is 0 Å². The van der Waals surface area contributed by atoms with Crippen molar-refractivity contribution in [2.45, 2.75) is 19.9 Å². The first-order valence-electron chi connectivity index (χ1n) is 5.94. The average molecular weight is 305 g/mol. The molecule has 0 aliphatic rings. The molecule has 0 spiro atoms. The number of aliphatic carboxylic acids is 1. The van der Waals surface area contributed by atoms with Crippen molar-refractivity contribution in [3.63, 3.8) is 0 Å². The van der Waals surface area contributed by atoms with Gasteiger partial charge in [0.15, 0.2) is 0 Å². The van der Waals surface area contributed by atoms with Gasteiger partial charge in [-0.1, -0.05) is 13.8 Å². The van der Waals surface area contributed by atoms with Crippen LogP contribution in [-0.2, 0) is 14.4 Å². The topological polar surface area (TPSA) is 125 Å². The molecule has 1 unspecified atom stereocenters. The highest BCUT2D eigenvalue weighted by atomic mass is 32.2. The van der Waals surface area contributed by atoms with Crippen LogP contribution in [0, 0.1) is 5.92 Å². The molecular weight excluding hydrogens is 286 g/mol. The van der Waals surface area contributed by atoms with Crippen LogP contribution in [0.4, 0.5) is 4.79 Å². The van der Waals surface area contributed by atoms with Crippen LogP contribution in [0.15, 0.2) is 0 Å². The summed E-state index contributed by atoms with van der Waals surface area (Å²) in [5.74, 6) is -1.46. The molecule has 4 amide bonds. The van der Waals surface area contributed by atoms with Crippen LogP contribution in [0.3, 0.4) is 0 Å². The Morgan fingerprint density at radius 2 is 1.95 bits per heavy atom. The molecule has 0 rings (SSSR count). The van der Waals surface area contributed by atoms with Gasteiger partial charge in [-0.25, -0.2) is 9.59 Å². The predicted octanol–water partition coefficient (Wildman–Crippen LogP) is -0.599. The van der Waals surface area contributed by atoms with Gasteiger partial charge in [0.2, 0.25) is 12.3 Å². The summed E-state index contributed by atoms with van der Waals surface area (Å²) < 4.78 is 0. The van der Waals surface area contributed by atoms with Gasteiger partial charge in [-0.3, -0.25) is 14.9 Å². The average Bonchev–Trinajstić information content (AvgIpc) is 2.35. The lowest BCUT2D eigenvalue weighted by Crippen LogP contribution is -2.42. The molecule has 114 valence electrons. The second-order valence-corrected chi connectivity index (χ2v) is 5.37. The van der Waals surface area contributed by atoms with Crippen LogP contribution in [0.1, 0.15) is 13.8 Å². The number of imide groups is 1. The summed E-state index contributed by atoms with van der Waals surface area (Å²) in [5.41, 5.74) is 0. The molecule has 0 aliphatic carbocycles. The predicted molar refractivity (Wildman–Crippen MR) is 74.3 cm³/mol. The molecule has 0 radical (unpaired) electrons. The van der Waals surface area contributed by atoms with Gasteiger partial charge in [0.1, 0.15) is 6.04 Å². The zero-order valence-corrected chi connectivity index (χ0v) is 12.2. The number of amides is 4. The van der Waals surface area contributed by atoms with Gasteiger partial charge in [-0.2, -0.15) is 0 Å². The van der Waals surface area contributed by atoms with E-state index in [0.717, 1.165) is 11.8 Å². The number of urea groups is 1. The standard InChI is InChI=1S/C11H19N3O5S/c1-7(2)3-12-11(19)14-9(16)5-20-4-8(10(17)18)13-6-15/h6-8H,3-5H2,1-2H3,(H,13,15)(H,17,18)(H2,12,14,16,19). The fourth-order valence-corrected chi connectivity index (χ4v) is 1.90. The summed E-state index contributed by atoms with van der Waals surface area (Å²) in [4.78, 5) is 43.5. The fraction of sp³-hybridized carbons (Fsp3) is 0.636. The summed E-state index contributed by atoms with van der Waals surface area (Å²) in [5, 5.41) is 15.5. The van der Waals surface area contributed by atoms with E-state index in [-0.39, 0.29) is 17.4 Å². The normalized spacial score (nSPS) is 11.6. The maximum Gasteiger partial charge on any atom is 0.327 e. The van der Waals surface area contributed by atoms with Gasteiger partial charge >= 0.3 is 12.0 Å². The van der Waals surface area contributed by atoms with Crippen LogP contribution in [0.5, 0.6) is 0 Å². The van der Waals surface area contributed by atoms with Crippen molar-refractivity contribution in [1.29, 1.82) is 0 Å². The SMILES string of the molecule is CC(C)CNC(=O)NC(=O)CSCC(NC=O)C(=O)O. The lowest BCUT2D eigenvalue weighted by Gasteiger charge is -2.11. The van der Waals surface area contributed by atoms with Crippen molar-refractivity contribution in [2.75, 3.05) is 18.1 Å². The van der Waals surface area contributed by atoms with Gasteiger partial charge in [0, 0.05) is 12.3 Å². The van der Waals surface area contributed by atoms with Gasteiger partial charge < -0.3 is 15.7 Å². The van der Waals surface area contributed by atoms with Crippen molar-refractivity contribution >= 4 is 36.1 Å². The first-order chi connectivity index (χ1) is 9.36. The quantitative estimate of drug-likeness (QED) is 0.422. The molecule has 0 aromatic rings. The third kappa shape index (κ3) is 9.20. The van der Waals surface area contributed by atoms with Crippen LogP contribution < -0.4 is 16.0 Å². The van der Waals surface area contributed by atoms with Crippen molar-refractivity contribution in [1.82, 2.24) is 16.0 Å². The van der Waals surface area contributed by atoms with Gasteiger partial charge in [0.05, 0.1) is 5.75 Å². The van der Waals surface area contributed by atoms with Gasteiger partial charge in [-0.05, 0) is 5.92 Å². The molecular formula is C11H19N3O5S. The van der Waals surface area contributed by atoms with Crippen LogP contribution in [-0.4, -0.2) is 53.5 Å². The Bertz CT molecular complexity index is 362. The zero-order valence-electron chi connectivity index (χ0n) is 11.3. The Morgan fingerprint density at radius 1 is 1.30 bits per heavy atom. The lowest BCUT2D eigenvalue weighted by atomic mass is 10.2. The molecule has 4 N–H and O–H groups in total. The zero-order chi connectivity index (χ0) is 15.5. The number of hydrogen-bond donors (Lipinski definition) is 4. The summed E-state index contributed by atoms with van der Waals surface area (Å²) >= 11 is 1.01. The minimum atomic E-state index is -1.18. The highest BCUT2D eigenvalue weighted by molar-refractivity contribution is 8.00. The molecule has 0 fully saturated rings. The van der Waals surface area contributed by atoms with E-state index in [2.05, 4.69) is 16.0 Å². The maximum atomic E-state index is 11.4. The van der Waals surface area contributed by atoms with E-state index < -0.39 is 23.9 Å². The third-order valence-electron chi connectivity index (χ3n) is 2.01. The van der Waals surface area contributed by atoms with Crippen molar-refractivity contribution in [3.05, 3.63) is 0 Å². The Labute approximate surface area is 121 Å². The second kappa shape index (κ2) is 10.1. The van der Waals surface area contributed by atoms with E-state index in [4.69, 9.17) is 5.11 Å². The van der Waals surface area contributed by atoms with E-state index in [1.807, 2.05) is 13.8 Å². The van der Waals surface area contributed by atoms with E-state index in [1.54, 1.807) is 0 Å². The van der Waals surface area contributed by atoms with Crippen molar-refractivity contribution in [2.24, 2.45) is 5.92 Å². The molecule has 0 bridgehead atoms. The first-order valence-corrected chi connectivity index (χ1v) is 7.10. The monoisotopic (exact) mass is 305 g/mol. The summed E-state index contributed by atoms with van der Waals surface area (Å²) in [6.07, 6.45) is 0.290. The number of carbonyl (C=O) groups is 4. The third-order valence-corrected chi connectivity index (χ3v) is 3.04. The molecule has 0 heterocycles. The fourth-order valence-electron chi connectivity index (χ4n) is 1.05. The van der Waals surface area contributed by atoms with Crippen LogP contribution in [0.2, 0.25) is 0 Å². The van der Waals surface area contributed by atoms with E-state index in [9.17, 15) is 19.2 Å². The van der Waals surface area contributed by atoms with E-state index in [1.165, 1.54) is 0 Å². The smallest absolute Gasteiger partial charge is 0.327 e. The van der Waals surface area contributed by atoms with E-state index >= 15 is 0 Å². The summed E-state index contributed by atoms with van der Waals surface area (Å²) in [6, 6.07) is -1.63. The van der Waals surface area contributed by atoms with Crippen molar-refractivity contribution < 1.29 is 24.3 Å². The molecule has 0 saturated carbocycles. The number of thioether (sulfide) groups is 1. The summed E-state index contributed by atoms with van der Waals surface area (Å²) in [7, 11) is 0. The molecule has 0 aromatic carbocycles.